The van der Waals surface area contributed by atoms with Gasteiger partial charge in [-0.25, -0.2) is 14.4 Å². The molecule has 0 spiro atoms. The molecule has 2 amide bonds. The highest BCUT2D eigenvalue weighted by molar-refractivity contribution is 5.99. The third-order valence-electron chi connectivity index (χ3n) is 3.82. The van der Waals surface area contributed by atoms with Gasteiger partial charge >= 0.3 is 18.2 Å². The number of hydrogen-bond donors (Lipinski definition) is 2. The number of ether oxygens (including phenoxy) is 3. The number of rotatable bonds is 5. The van der Waals surface area contributed by atoms with Crippen LogP contribution in [0.2, 0.25) is 0 Å². The summed E-state index contributed by atoms with van der Waals surface area (Å²) in [5, 5.41) is 5.04. The second-order valence-corrected chi connectivity index (χ2v) is 5.91. The van der Waals surface area contributed by atoms with Crippen LogP contribution in [0, 0.1) is 0 Å². The molecule has 0 fully saturated rings. The molecular weight excluding hydrogens is 388 g/mol. The predicted molar refractivity (Wildman–Crippen MR) is 110 cm³/mol. The molecule has 0 aliphatic carbocycles. The largest absolute Gasteiger partial charge is 0.465 e. The van der Waals surface area contributed by atoms with Gasteiger partial charge in [0.15, 0.2) is 0 Å². The summed E-state index contributed by atoms with van der Waals surface area (Å²) in [5.74, 6) is 0.0733. The Labute approximate surface area is 172 Å². The second kappa shape index (κ2) is 9.74. The minimum atomic E-state index is -0.803. The van der Waals surface area contributed by atoms with Gasteiger partial charge in [-0.05, 0) is 42.5 Å². The lowest BCUT2D eigenvalue weighted by molar-refractivity contribution is 0.0600. The summed E-state index contributed by atoms with van der Waals surface area (Å²) in [7, 11) is 1.24. The first-order valence-corrected chi connectivity index (χ1v) is 8.85. The summed E-state index contributed by atoms with van der Waals surface area (Å²) in [6.07, 6.45) is -1.57. The molecule has 0 aliphatic heterocycles. The molecule has 0 bridgehead atoms. The summed E-state index contributed by atoms with van der Waals surface area (Å²) < 4.78 is 15.1. The standard InChI is InChI=1S/C22H18N2O6/c1-28-20(25)15-12-13-18(23-21(26)29-16-8-4-2-5-9-16)19(14-15)24-22(27)30-17-10-6-3-7-11-17/h2-14H,1H3,(H,23,26)(H,24,27). The highest BCUT2D eigenvalue weighted by Gasteiger charge is 2.16. The van der Waals surface area contributed by atoms with E-state index in [9.17, 15) is 14.4 Å². The van der Waals surface area contributed by atoms with Crippen molar-refractivity contribution in [2.24, 2.45) is 0 Å². The maximum Gasteiger partial charge on any atom is 0.417 e. The Kier molecular flexibility index (Phi) is 6.63. The molecule has 152 valence electrons. The van der Waals surface area contributed by atoms with Crippen molar-refractivity contribution in [2.45, 2.75) is 0 Å². The summed E-state index contributed by atoms with van der Waals surface area (Å²) in [6, 6.07) is 21.2. The summed E-state index contributed by atoms with van der Waals surface area (Å²) >= 11 is 0. The van der Waals surface area contributed by atoms with Gasteiger partial charge in [0.1, 0.15) is 11.5 Å². The van der Waals surface area contributed by atoms with Gasteiger partial charge in [0.25, 0.3) is 0 Å². The lowest BCUT2D eigenvalue weighted by Gasteiger charge is -2.14. The quantitative estimate of drug-likeness (QED) is 0.596. The molecule has 0 heterocycles. The number of esters is 1. The molecule has 0 aromatic heterocycles. The number of benzene rings is 3. The normalized spacial score (nSPS) is 9.90. The first kappa shape index (κ1) is 20.4. The van der Waals surface area contributed by atoms with Crippen LogP contribution >= 0.6 is 0 Å². The minimum Gasteiger partial charge on any atom is -0.465 e. The first-order valence-electron chi connectivity index (χ1n) is 8.85. The number of carbonyl (C=O) groups is 3. The van der Waals surface area contributed by atoms with E-state index in [1.807, 2.05) is 0 Å². The molecule has 0 saturated carbocycles. The zero-order chi connectivity index (χ0) is 21.3. The topological polar surface area (TPSA) is 103 Å². The maximum absolute atomic E-state index is 12.3. The monoisotopic (exact) mass is 406 g/mol. The van der Waals surface area contributed by atoms with E-state index in [0.717, 1.165) is 0 Å². The van der Waals surface area contributed by atoms with Crippen molar-refractivity contribution < 1.29 is 28.6 Å². The van der Waals surface area contributed by atoms with Crippen LogP contribution in [0.25, 0.3) is 0 Å². The van der Waals surface area contributed by atoms with Crippen molar-refractivity contribution in [2.75, 3.05) is 17.7 Å². The SMILES string of the molecule is COC(=O)c1ccc(NC(=O)Oc2ccccc2)c(NC(=O)Oc2ccccc2)c1. The summed E-state index contributed by atoms with van der Waals surface area (Å²) in [4.78, 5) is 36.3. The number of nitrogens with one attached hydrogen (secondary N) is 2. The fraction of sp³-hybridized carbons (Fsp3) is 0.0455. The molecule has 3 aromatic carbocycles. The molecule has 0 radical (unpaired) electrons. The van der Waals surface area contributed by atoms with Crippen LogP contribution in [-0.2, 0) is 4.74 Å². The number of anilines is 2. The van der Waals surface area contributed by atoms with Crippen LogP contribution < -0.4 is 20.1 Å². The fourth-order valence-corrected chi connectivity index (χ4v) is 2.46. The third-order valence-corrected chi connectivity index (χ3v) is 3.82. The van der Waals surface area contributed by atoms with Gasteiger partial charge in [0.2, 0.25) is 0 Å². The molecule has 8 nitrogen and oxygen atoms in total. The van der Waals surface area contributed by atoms with Gasteiger partial charge in [-0.2, -0.15) is 0 Å². The van der Waals surface area contributed by atoms with Crippen molar-refractivity contribution >= 4 is 29.5 Å². The number of para-hydroxylation sites is 2. The van der Waals surface area contributed by atoms with Gasteiger partial charge in [0, 0.05) is 0 Å². The summed E-state index contributed by atoms with van der Waals surface area (Å²) in [6.45, 7) is 0. The van der Waals surface area contributed by atoms with Crippen LogP contribution in [0.3, 0.4) is 0 Å². The van der Waals surface area contributed by atoms with E-state index >= 15 is 0 Å². The average Bonchev–Trinajstić information content (AvgIpc) is 2.75. The molecule has 0 aliphatic rings. The molecule has 0 atom stereocenters. The minimum absolute atomic E-state index is 0.129. The van der Waals surface area contributed by atoms with Crippen LogP contribution in [0.1, 0.15) is 10.4 Å². The number of amides is 2. The Morgan fingerprint density at radius 2 is 1.17 bits per heavy atom. The Morgan fingerprint density at radius 3 is 1.67 bits per heavy atom. The molecule has 2 N–H and O–H groups in total. The molecule has 8 heteroatoms. The zero-order valence-electron chi connectivity index (χ0n) is 16.0. The Balaban J connectivity index is 1.78. The van der Waals surface area contributed by atoms with Gasteiger partial charge in [-0.1, -0.05) is 36.4 Å². The van der Waals surface area contributed by atoms with Gasteiger partial charge < -0.3 is 14.2 Å². The molecular formula is C22H18N2O6. The Bertz CT molecular complexity index is 1040. The molecule has 3 rings (SSSR count). The highest BCUT2D eigenvalue weighted by atomic mass is 16.6. The van der Waals surface area contributed by atoms with Crippen LogP contribution in [0.15, 0.2) is 78.9 Å². The number of methoxy groups -OCH3 is 1. The van der Waals surface area contributed by atoms with Crippen LogP contribution in [0.4, 0.5) is 21.0 Å². The molecule has 0 saturated heterocycles. The Morgan fingerprint density at radius 1 is 0.667 bits per heavy atom. The fourth-order valence-electron chi connectivity index (χ4n) is 2.46. The smallest absolute Gasteiger partial charge is 0.417 e. The van der Waals surface area contributed by atoms with Crippen molar-refractivity contribution in [3.8, 4) is 11.5 Å². The van der Waals surface area contributed by atoms with E-state index in [0.29, 0.717) is 11.5 Å². The maximum atomic E-state index is 12.3. The van der Waals surface area contributed by atoms with E-state index in [-0.39, 0.29) is 16.9 Å². The van der Waals surface area contributed by atoms with Gasteiger partial charge in [-0.3, -0.25) is 10.6 Å². The van der Waals surface area contributed by atoms with E-state index in [1.165, 1.54) is 25.3 Å². The third kappa shape index (κ3) is 5.59. The molecule has 30 heavy (non-hydrogen) atoms. The lowest BCUT2D eigenvalue weighted by atomic mass is 10.1. The van der Waals surface area contributed by atoms with E-state index in [2.05, 4.69) is 10.6 Å². The first-order chi connectivity index (χ1) is 14.5. The average molecular weight is 406 g/mol. The van der Waals surface area contributed by atoms with E-state index in [1.54, 1.807) is 60.7 Å². The Hall–Kier alpha value is -4.33. The van der Waals surface area contributed by atoms with E-state index < -0.39 is 18.2 Å². The van der Waals surface area contributed by atoms with Crippen LogP contribution in [0.5, 0.6) is 11.5 Å². The lowest BCUT2D eigenvalue weighted by Crippen LogP contribution is -2.21. The van der Waals surface area contributed by atoms with Crippen molar-refractivity contribution in [1.82, 2.24) is 0 Å². The predicted octanol–water partition coefficient (Wildman–Crippen LogP) is 4.70. The van der Waals surface area contributed by atoms with E-state index in [4.69, 9.17) is 14.2 Å². The molecule has 3 aromatic rings. The van der Waals surface area contributed by atoms with Crippen molar-refractivity contribution in [1.29, 1.82) is 0 Å². The summed E-state index contributed by atoms with van der Waals surface area (Å²) in [5.41, 5.74) is 0.506. The second-order valence-electron chi connectivity index (χ2n) is 5.91. The number of hydrogen-bond acceptors (Lipinski definition) is 6. The molecule has 0 unspecified atom stereocenters. The number of carbonyl (C=O) groups excluding carboxylic acids is 3. The highest BCUT2D eigenvalue weighted by Crippen LogP contribution is 2.25. The van der Waals surface area contributed by atoms with Crippen molar-refractivity contribution in [3.05, 3.63) is 84.4 Å². The van der Waals surface area contributed by atoms with Crippen molar-refractivity contribution in [3.63, 3.8) is 0 Å². The van der Waals surface area contributed by atoms with Crippen LogP contribution in [-0.4, -0.2) is 25.3 Å². The van der Waals surface area contributed by atoms with Gasteiger partial charge in [-0.15, -0.1) is 0 Å². The van der Waals surface area contributed by atoms with Gasteiger partial charge in [0.05, 0.1) is 24.0 Å². The zero-order valence-corrected chi connectivity index (χ0v) is 16.0.